The first kappa shape index (κ1) is 14.9. The molecule has 2 rings (SSSR count). The molecule has 0 spiro atoms. The third-order valence-corrected chi connectivity index (χ3v) is 4.77. The molecule has 0 bridgehead atoms. The highest BCUT2D eigenvalue weighted by molar-refractivity contribution is 6.24. The smallest absolute Gasteiger partial charge is 0.0991 e. The summed E-state index contributed by atoms with van der Waals surface area (Å²) in [6.07, 6.45) is 4.68. The predicted octanol–water partition coefficient (Wildman–Crippen LogP) is 2.36. The van der Waals surface area contributed by atoms with Gasteiger partial charge in [0, 0.05) is 29.4 Å². The van der Waals surface area contributed by atoms with Crippen LogP contribution in [0.2, 0.25) is 0 Å². The molecule has 1 aliphatic heterocycles. The summed E-state index contributed by atoms with van der Waals surface area (Å²) in [5.41, 5.74) is 0. The Morgan fingerprint density at radius 1 is 1.11 bits per heavy atom. The third-order valence-electron chi connectivity index (χ3n) is 3.60. The Morgan fingerprint density at radius 3 is 2.56 bits per heavy atom. The van der Waals surface area contributed by atoms with E-state index < -0.39 is 6.10 Å². The molecule has 6 heteroatoms. The van der Waals surface area contributed by atoms with Crippen molar-refractivity contribution in [1.29, 1.82) is 0 Å². The van der Waals surface area contributed by atoms with E-state index in [4.69, 9.17) is 34.8 Å². The average Bonchev–Trinajstić information content (AvgIpc) is 2.34. The van der Waals surface area contributed by atoms with Crippen LogP contribution < -0.4 is 5.32 Å². The summed E-state index contributed by atoms with van der Waals surface area (Å²) in [4.78, 5) is 4.49. The van der Waals surface area contributed by atoms with Crippen LogP contribution in [0.15, 0.2) is 4.99 Å². The topological polar surface area (TPSA) is 44.6 Å². The number of alkyl halides is 3. The second kappa shape index (κ2) is 6.76. The molecule has 18 heavy (non-hydrogen) atoms. The molecule has 2 N–H and O–H groups in total. The van der Waals surface area contributed by atoms with Crippen molar-refractivity contribution >= 4 is 41.0 Å². The number of piperidine rings is 1. The van der Waals surface area contributed by atoms with Crippen molar-refractivity contribution in [2.24, 2.45) is 10.9 Å². The summed E-state index contributed by atoms with van der Waals surface area (Å²) in [5.74, 6) is -0.0423. The van der Waals surface area contributed by atoms with Gasteiger partial charge in [-0.3, -0.25) is 10.3 Å². The Balaban J connectivity index is 1.87. The van der Waals surface area contributed by atoms with Crippen molar-refractivity contribution in [2.45, 2.75) is 54.1 Å². The Hall–Kier alpha value is 0.460. The van der Waals surface area contributed by atoms with Gasteiger partial charge in [-0.05, 0) is 25.7 Å². The summed E-state index contributed by atoms with van der Waals surface area (Å²) < 4.78 is 0. The van der Waals surface area contributed by atoms with E-state index in [9.17, 15) is 5.11 Å². The molecular weight excluding hydrogens is 295 g/mol. The van der Waals surface area contributed by atoms with Crippen LogP contribution in [-0.4, -0.2) is 46.3 Å². The zero-order valence-electron chi connectivity index (χ0n) is 10.1. The second-order valence-electron chi connectivity index (χ2n) is 5.14. The lowest BCUT2D eigenvalue weighted by atomic mass is 9.86. The van der Waals surface area contributed by atoms with Crippen molar-refractivity contribution in [1.82, 2.24) is 5.32 Å². The monoisotopic (exact) mass is 312 g/mol. The second-order valence-corrected chi connectivity index (χ2v) is 6.93. The number of hydrogen-bond donors (Lipinski definition) is 2. The molecule has 1 heterocycles. The Labute approximate surface area is 123 Å². The van der Waals surface area contributed by atoms with Crippen LogP contribution in [0.5, 0.6) is 0 Å². The van der Waals surface area contributed by atoms with Crippen molar-refractivity contribution in [3.8, 4) is 0 Å². The summed E-state index contributed by atoms with van der Waals surface area (Å²) >= 11 is 18.2. The average molecular weight is 314 g/mol. The first-order valence-electron chi connectivity index (χ1n) is 6.43. The molecule has 0 aromatic rings. The molecule has 0 aromatic heterocycles. The number of rotatable bonds is 2. The summed E-state index contributed by atoms with van der Waals surface area (Å²) in [6.45, 7) is 0.785. The molecule has 2 fully saturated rings. The summed E-state index contributed by atoms with van der Waals surface area (Å²) in [5, 5.41) is 13.2. The van der Waals surface area contributed by atoms with E-state index in [0.717, 1.165) is 25.8 Å². The maximum absolute atomic E-state index is 10.0. The fourth-order valence-electron chi connectivity index (χ4n) is 2.48. The normalized spacial score (nSPS) is 46.4. The van der Waals surface area contributed by atoms with Crippen LogP contribution in [0, 0.1) is 5.92 Å². The molecule has 1 saturated heterocycles. The predicted molar refractivity (Wildman–Crippen MR) is 77.2 cm³/mol. The molecule has 0 radical (unpaired) electrons. The van der Waals surface area contributed by atoms with Gasteiger partial charge in [-0.15, -0.1) is 34.8 Å². The first-order chi connectivity index (χ1) is 8.56. The molecular formula is C12H19Cl3N2O. The highest BCUT2D eigenvalue weighted by Crippen LogP contribution is 2.31. The minimum absolute atomic E-state index is 0.0267. The molecule has 1 aliphatic carbocycles. The molecule has 3 nitrogen and oxygen atoms in total. The maximum atomic E-state index is 10.0. The van der Waals surface area contributed by atoms with Crippen LogP contribution in [0.4, 0.5) is 0 Å². The fraction of sp³-hybridized carbons (Fsp3) is 0.917. The van der Waals surface area contributed by atoms with Crippen molar-refractivity contribution in [3.63, 3.8) is 0 Å². The Bertz CT molecular complexity index is 295. The van der Waals surface area contributed by atoms with Crippen LogP contribution in [-0.2, 0) is 0 Å². The van der Waals surface area contributed by atoms with E-state index in [2.05, 4.69) is 10.3 Å². The molecule has 1 saturated carbocycles. The maximum Gasteiger partial charge on any atom is 0.0991 e. The SMILES string of the molecule is OC1C(Cl)CC(Cl)CC1/C=N/C1CCC(Cl)CN1. The van der Waals surface area contributed by atoms with Crippen molar-refractivity contribution in [2.75, 3.05) is 6.54 Å². The number of nitrogens with one attached hydrogen (secondary N) is 1. The van der Waals surface area contributed by atoms with Gasteiger partial charge in [0.1, 0.15) is 0 Å². The standard InChI is InChI=1S/C12H19Cl3N2O/c13-8-1-2-11(17-6-8)16-5-7-3-9(14)4-10(15)12(7)18/h5,7-12,17-18H,1-4,6H2/b16-5+. The molecule has 6 atom stereocenters. The van der Waals surface area contributed by atoms with Crippen LogP contribution in [0.3, 0.4) is 0 Å². The summed E-state index contributed by atoms with van der Waals surface area (Å²) in [7, 11) is 0. The highest BCUT2D eigenvalue weighted by Gasteiger charge is 2.34. The Morgan fingerprint density at radius 2 is 1.89 bits per heavy atom. The quantitative estimate of drug-likeness (QED) is 0.607. The lowest BCUT2D eigenvalue weighted by Crippen LogP contribution is -2.41. The zero-order valence-corrected chi connectivity index (χ0v) is 12.4. The van der Waals surface area contributed by atoms with Gasteiger partial charge in [0.05, 0.1) is 17.6 Å². The fourth-order valence-corrected chi connectivity index (χ4v) is 3.59. The van der Waals surface area contributed by atoms with Gasteiger partial charge in [-0.25, -0.2) is 0 Å². The number of aliphatic hydroxyl groups is 1. The molecule has 6 unspecified atom stereocenters. The number of aliphatic imine (C=N–C) groups is 1. The van der Waals surface area contributed by atoms with Crippen LogP contribution in [0.25, 0.3) is 0 Å². The van der Waals surface area contributed by atoms with Crippen LogP contribution >= 0.6 is 34.8 Å². The lowest BCUT2D eigenvalue weighted by molar-refractivity contribution is 0.108. The number of aliphatic hydroxyl groups excluding tert-OH is 1. The number of hydrogen-bond acceptors (Lipinski definition) is 3. The van der Waals surface area contributed by atoms with Gasteiger partial charge in [0.15, 0.2) is 0 Å². The van der Waals surface area contributed by atoms with E-state index in [1.165, 1.54) is 0 Å². The lowest BCUT2D eigenvalue weighted by Gasteiger charge is -2.32. The van der Waals surface area contributed by atoms with Gasteiger partial charge in [0.25, 0.3) is 0 Å². The van der Waals surface area contributed by atoms with Gasteiger partial charge in [-0.1, -0.05) is 0 Å². The van der Waals surface area contributed by atoms with E-state index >= 15 is 0 Å². The van der Waals surface area contributed by atoms with Gasteiger partial charge < -0.3 is 5.11 Å². The van der Waals surface area contributed by atoms with Crippen molar-refractivity contribution in [3.05, 3.63) is 0 Å². The molecule has 2 aliphatic rings. The van der Waals surface area contributed by atoms with Gasteiger partial charge in [-0.2, -0.15) is 0 Å². The minimum atomic E-state index is -0.546. The number of nitrogens with zero attached hydrogens (tertiary/aromatic N) is 1. The van der Waals surface area contributed by atoms with E-state index in [0.29, 0.717) is 6.42 Å². The molecule has 0 aromatic carbocycles. The largest absolute Gasteiger partial charge is 0.391 e. The van der Waals surface area contributed by atoms with Gasteiger partial charge in [0.2, 0.25) is 0 Å². The van der Waals surface area contributed by atoms with E-state index in [1.54, 1.807) is 0 Å². The highest BCUT2D eigenvalue weighted by atomic mass is 35.5. The zero-order chi connectivity index (χ0) is 13.1. The summed E-state index contributed by atoms with van der Waals surface area (Å²) in [6, 6.07) is 0. The van der Waals surface area contributed by atoms with E-state index in [1.807, 2.05) is 6.21 Å². The van der Waals surface area contributed by atoms with Crippen molar-refractivity contribution < 1.29 is 5.11 Å². The van der Waals surface area contributed by atoms with Gasteiger partial charge >= 0.3 is 0 Å². The molecule has 104 valence electrons. The number of halogens is 3. The minimum Gasteiger partial charge on any atom is -0.391 e. The van der Waals surface area contributed by atoms with Crippen LogP contribution in [0.1, 0.15) is 25.7 Å². The Kier molecular flexibility index (Phi) is 5.58. The first-order valence-corrected chi connectivity index (χ1v) is 7.74. The molecule has 0 amide bonds. The third kappa shape index (κ3) is 3.97. The van der Waals surface area contributed by atoms with E-state index in [-0.39, 0.29) is 28.2 Å².